The van der Waals surface area contributed by atoms with Gasteiger partial charge in [0, 0.05) is 71.8 Å². The minimum Gasteiger partial charge on any atom is -0.465 e. The summed E-state index contributed by atoms with van der Waals surface area (Å²) in [6.07, 6.45) is 25.1. The second kappa shape index (κ2) is 18.1. The van der Waals surface area contributed by atoms with Crippen LogP contribution in [-0.4, -0.2) is 82.2 Å². The molecule has 0 bridgehead atoms. The molecule has 0 saturated heterocycles. The van der Waals surface area contributed by atoms with Crippen LogP contribution in [0.4, 0.5) is 0 Å². The van der Waals surface area contributed by atoms with Crippen LogP contribution in [-0.2, 0) is 18.9 Å². The summed E-state index contributed by atoms with van der Waals surface area (Å²) in [5, 5.41) is 0. The summed E-state index contributed by atoms with van der Waals surface area (Å²) in [5.74, 6) is -2.23. The minimum atomic E-state index is -0.557. The number of rotatable bonds is 12. The van der Waals surface area contributed by atoms with Gasteiger partial charge in [0.2, 0.25) is 0 Å². The van der Waals surface area contributed by atoms with E-state index in [1.807, 2.05) is 0 Å². The van der Waals surface area contributed by atoms with Crippen molar-refractivity contribution >= 4 is 72.5 Å². The van der Waals surface area contributed by atoms with Crippen molar-refractivity contribution in [1.29, 1.82) is 0 Å². The van der Waals surface area contributed by atoms with E-state index in [1.165, 1.54) is 102 Å². The lowest BCUT2D eigenvalue weighted by Crippen LogP contribution is -2.05. The molecule has 0 atom stereocenters. The van der Waals surface area contributed by atoms with Crippen LogP contribution in [0, 0.1) is 0 Å². The number of hydrogen-bond donors (Lipinski definition) is 0. The Morgan fingerprint density at radius 2 is 0.611 bits per heavy atom. The number of hydrogen-bond acceptors (Lipinski definition) is 14. The van der Waals surface area contributed by atoms with E-state index in [0.29, 0.717) is 45.0 Å². The van der Waals surface area contributed by atoms with Crippen LogP contribution in [0.3, 0.4) is 0 Å². The molecule has 0 aliphatic carbocycles. The molecule has 0 saturated carbocycles. The van der Waals surface area contributed by atoms with E-state index in [2.05, 4.69) is 19.9 Å². The second-order valence-corrected chi connectivity index (χ2v) is 10.9. The first-order chi connectivity index (χ1) is 26.3. The Labute approximate surface area is 309 Å². The molecule has 14 nitrogen and oxygen atoms in total. The van der Waals surface area contributed by atoms with Gasteiger partial charge in [-0.3, -0.25) is 19.9 Å². The van der Waals surface area contributed by atoms with Gasteiger partial charge in [0.15, 0.2) is 0 Å². The number of methoxy groups -OCH3 is 4. The van der Waals surface area contributed by atoms with Crippen LogP contribution in [0.5, 0.6) is 0 Å². The van der Waals surface area contributed by atoms with Crippen LogP contribution >= 0.6 is 0 Å². The molecule has 0 aromatic carbocycles. The molecule has 0 aliphatic rings. The van der Waals surface area contributed by atoms with Gasteiger partial charge in [-0.2, -0.15) is 0 Å². The van der Waals surface area contributed by atoms with Gasteiger partial charge >= 0.3 is 23.9 Å². The Bertz CT molecular complexity index is 2010. The summed E-state index contributed by atoms with van der Waals surface area (Å²) in [6.45, 7) is 0. The van der Waals surface area contributed by atoms with Gasteiger partial charge in [-0.15, -0.1) is 0 Å². The molecule has 14 heteroatoms. The molecule has 0 radical (unpaired) electrons. The highest BCUT2D eigenvalue weighted by Crippen LogP contribution is 2.23. The molecule has 0 N–H and O–H groups in total. The first kappa shape index (κ1) is 37.8. The van der Waals surface area contributed by atoms with Crippen LogP contribution < -0.4 is 0 Å². The van der Waals surface area contributed by atoms with Gasteiger partial charge in [-0.25, -0.2) is 29.1 Å². The van der Waals surface area contributed by atoms with Crippen LogP contribution in [0.15, 0.2) is 73.8 Å². The number of esters is 4. The average molecular weight is 725 g/mol. The zero-order chi connectivity index (χ0) is 38.5. The predicted octanol–water partition coefficient (Wildman–Crippen LogP) is 5.88. The molecule has 54 heavy (non-hydrogen) atoms. The van der Waals surface area contributed by atoms with Gasteiger partial charge in [-0.1, -0.05) is 24.3 Å². The van der Waals surface area contributed by atoms with Gasteiger partial charge in [0.25, 0.3) is 0 Å². The molecule has 5 rings (SSSR count). The number of ether oxygens (including phenoxy) is 4. The van der Waals surface area contributed by atoms with Crippen molar-refractivity contribution in [2.45, 2.75) is 0 Å². The normalized spacial score (nSPS) is 11.3. The molecule has 5 aromatic rings. The Morgan fingerprint density at radius 3 is 0.815 bits per heavy atom. The lowest BCUT2D eigenvalue weighted by Gasteiger charge is -2.09. The maximum Gasteiger partial charge on any atom is 0.338 e. The van der Waals surface area contributed by atoms with E-state index >= 15 is 0 Å². The highest BCUT2D eigenvalue weighted by molar-refractivity contribution is 5.97. The monoisotopic (exact) mass is 724 g/mol. The quantitative estimate of drug-likeness (QED) is 0.110. The van der Waals surface area contributed by atoms with Crippen molar-refractivity contribution in [1.82, 2.24) is 29.9 Å². The predicted molar refractivity (Wildman–Crippen MR) is 200 cm³/mol. The Kier molecular flexibility index (Phi) is 12.7. The van der Waals surface area contributed by atoms with Crippen molar-refractivity contribution in [2.75, 3.05) is 28.4 Å². The Hall–Kier alpha value is -7.48. The molecule has 270 valence electrons. The zero-order valence-electron chi connectivity index (χ0n) is 29.5. The highest BCUT2D eigenvalue weighted by atomic mass is 16.5. The van der Waals surface area contributed by atoms with Gasteiger partial charge in [0.05, 0.1) is 73.5 Å². The zero-order valence-corrected chi connectivity index (χ0v) is 29.5. The first-order valence-electron chi connectivity index (χ1n) is 16.0. The summed E-state index contributed by atoms with van der Waals surface area (Å²) < 4.78 is 19.8. The number of nitrogens with zero attached hydrogens (tertiary/aromatic N) is 6. The second-order valence-electron chi connectivity index (χ2n) is 10.9. The topological polar surface area (TPSA) is 183 Å². The lowest BCUT2D eigenvalue weighted by molar-refractivity contribution is 0.0591. The smallest absolute Gasteiger partial charge is 0.338 e. The van der Waals surface area contributed by atoms with Crippen molar-refractivity contribution in [2.24, 2.45) is 0 Å². The van der Waals surface area contributed by atoms with Crippen molar-refractivity contribution in [3.63, 3.8) is 0 Å². The number of pyridine rings is 4. The molecule has 5 heterocycles. The van der Waals surface area contributed by atoms with E-state index in [0.717, 1.165) is 0 Å². The minimum absolute atomic E-state index is 0.274. The van der Waals surface area contributed by atoms with Crippen molar-refractivity contribution < 1.29 is 38.1 Å². The maximum absolute atomic E-state index is 12.5. The summed E-state index contributed by atoms with van der Waals surface area (Å²) in [7, 11) is 5.13. The molecular formula is C40H32N6O8. The lowest BCUT2D eigenvalue weighted by atomic mass is 10.1. The van der Waals surface area contributed by atoms with E-state index < -0.39 is 23.9 Å². The van der Waals surface area contributed by atoms with Crippen molar-refractivity contribution in [3.05, 3.63) is 141 Å². The summed E-state index contributed by atoms with van der Waals surface area (Å²) in [5.41, 5.74) is 4.24. The molecule has 0 unspecified atom stereocenters. The largest absolute Gasteiger partial charge is 0.465 e. The molecule has 0 fully saturated rings. The number of aromatic nitrogens is 6. The molecule has 0 spiro atoms. The van der Waals surface area contributed by atoms with Crippen LogP contribution in [0.25, 0.3) is 48.6 Å². The van der Waals surface area contributed by atoms with E-state index in [1.54, 1.807) is 48.6 Å². The number of carbonyl (C=O) groups excluding carboxylic acids is 4. The van der Waals surface area contributed by atoms with E-state index in [9.17, 15) is 19.2 Å². The van der Waals surface area contributed by atoms with E-state index in [-0.39, 0.29) is 22.3 Å². The van der Waals surface area contributed by atoms with Gasteiger partial charge in [0.1, 0.15) is 0 Å². The van der Waals surface area contributed by atoms with Crippen LogP contribution in [0.1, 0.15) is 86.5 Å². The van der Waals surface area contributed by atoms with Crippen LogP contribution in [0.2, 0.25) is 0 Å². The molecular weight excluding hydrogens is 692 g/mol. The molecule has 5 aromatic heterocycles. The fourth-order valence-electron chi connectivity index (χ4n) is 5.00. The third kappa shape index (κ3) is 9.05. The summed E-state index contributed by atoms with van der Waals surface area (Å²) in [4.78, 5) is 76.5. The Morgan fingerprint density at radius 1 is 0.389 bits per heavy atom. The van der Waals surface area contributed by atoms with Gasteiger partial charge < -0.3 is 18.9 Å². The summed E-state index contributed by atoms with van der Waals surface area (Å²) >= 11 is 0. The van der Waals surface area contributed by atoms with E-state index in [4.69, 9.17) is 28.9 Å². The molecule has 0 amide bonds. The third-order valence-corrected chi connectivity index (χ3v) is 7.72. The SMILES string of the molecule is COC(=O)c1ccncc1/C=C/c1nc(/C=C/c2cnccc2C(=O)OC)c(/C=C/c2cnccc2C(=O)OC)nc1/C=C/c1cnccc1C(=O)OC. The molecule has 0 aliphatic heterocycles. The fourth-order valence-corrected chi connectivity index (χ4v) is 5.00. The van der Waals surface area contributed by atoms with Gasteiger partial charge in [-0.05, 0) is 48.6 Å². The third-order valence-electron chi connectivity index (χ3n) is 7.72. The Balaban J connectivity index is 1.74. The highest BCUT2D eigenvalue weighted by Gasteiger charge is 2.15. The maximum atomic E-state index is 12.5. The standard InChI is InChI=1S/C40H32N6O8/c1-51-37(47)29-13-17-41-21-25(29)5-9-33-34(10-6-26-22-42-18-14-30(26)38(48)52-2)46-36(12-8-28-24-44-20-16-32(28)40(50)54-4)35(45-33)11-7-27-23-43-19-15-31(27)39(49)53-3/h5-24H,1-4H3/b9-5+,10-6+,11-7+,12-8+. The summed E-state index contributed by atoms with van der Waals surface area (Å²) in [6, 6.07) is 6.13. The van der Waals surface area contributed by atoms with Crippen molar-refractivity contribution in [3.8, 4) is 0 Å². The average Bonchev–Trinajstić information content (AvgIpc) is 3.22. The fraction of sp³-hybridized carbons (Fsp3) is 0.100. The first-order valence-corrected chi connectivity index (χ1v) is 16.0. The number of carbonyl (C=O) groups is 4.